The number of carbonyl (C=O) groups excluding carboxylic acids is 1. The zero-order valence-corrected chi connectivity index (χ0v) is 20.1. The molecular weight excluding hydrogens is 476 g/mol. The number of nitrogens with one attached hydrogen (secondary N) is 1. The van der Waals surface area contributed by atoms with Crippen molar-refractivity contribution < 1.29 is 13.2 Å². The molecule has 180 valence electrons. The van der Waals surface area contributed by atoms with Gasteiger partial charge in [0.2, 0.25) is 0 Å². The predicted octanol–water partition coefficient (Wildman–Crippen LogP) is 3.40. The number of anilines is 1. The van der Waals surface area contributed by atoms with Crippen molar-refractivity contribution in [2.75, 3.05) is 12.0 Å². The SMILES string of the molecule is CS(=O)(=O)c1cnc2c(c1)nc(-c1cccnc1N)n2-c1ccc(CNC(=O)c2ccccc2)cc1. The molecule has 3 N–H and O–H groups in total. The van der Waals surface area contributed by atoms with E-state index >= 15 is 0 Å². The van der Waals surface area contributed by atoms with Crippen molar-refractivity contribution in [1.82, 2.24) is 24.8 Å². The van der Waals surface area contributed by atoms with Gasteiger partial charge in [-0.1, -0.05) is 30.3 Å². The first-order valence-corrected chi connectivity index (χ1v) is 12.9. The molecule has 0 aliphatic heterocycles. The molecule has 2 aromatic carbocycles. The Balaban J connectivity index is 1.53. The van der Waals surface area contributed by atoms with Crippen molar-refractivity contribution in [1.29, 1.82) is 0 Å². The molecule has 3 aromatic heterocycles. The standard InChI is InChI=1S/C26H22N6O3S/c1-36(34,35)20-14-22-25(29-16-20)32(24(31-22)21-8-5-13-28-23(21)27)19-11-9-17(10-12-19)15-30-26(33)18-6-3-2-4-7-18/h2-14,16H,15H2,1H3,(H2,27,28)(H,30,33). The number of hydrogen-bond donors (Lipinski definition) is 2. The number of imidazole rings is 1. The first-order valence-electron chi connectivity index (χ1n) is 11.0. The fourth-order valence-electron chi connectivity index (χ4n) is 3.82. The van der Waals surface area contributed by atoms with Crippen LogP contribution in [0.4, 0.5) is 5.82 Å². The van der Waals surface area contributed by atoms with Crippen LogP contribution in [0.3, 0.4) is 0 Å². The van der Waals surface area contributed by atoms with Gasteiger partial charge in [0, 0.05) is 36.4 Å². The number of benzene rings is 2. The lowest BCUT2D eigenvalue weighted by Crippen LogP contribution is -2.22. The van der Waals surface area contributed by atoms with Gasteiger partial charge in [-0.3, -0.25) is 9.36 Å². The molecule has 9 nitrogen and oxygen atoms in total. The Morgan fingerprint density at radius 1 is 1.00 bits per heavy atom. The van der Waals surface area contributed by atoms with Crippen LogP contribution in [0.25, 0.3) is 28.2 Å². The highest BCUT2D eigenvalue weighted by atomic mass is 32.2. The zero-order valence-electron chi connectivity index (χ0n) is 19.3. The van der Waals surface area contributed by atoms with Crippen LogP contribution >= 0.6 is 0 Å². The number of fused-ring (bicyclic) bond motifs is 1. The molecule has 5 aromatic rings. The maximum absolute atomic E-state index is 12.4. The number of nitrogens with zero attached hydrogens (tertiary/aromatic N) is 4. The van der Waals surface area contributed by atoms with Crippen molar-refractivity contribution in [2.45, 2.75) is 11.4 Å². The Labute approximate surface area is 207 Å². The van der Waals surface area contributed by atoms with Crippen molar-refractivity contribution in [3.63, 3.8) is 0 Å². The van der Waals surface area contributed by atoms with Crippen LogP contribution in [0.15, 0.2) is 90.1 Å². The quantitative estimate of drug-likeness (QED) is 0.367. The predicted molar refractivity (Wildman–Crippen MR) is 137 cm³/mol. The Kier molecular flexibility index (Phi) is 5.95. The molecule has 36 heavy (non-hydrogen) atoms. The summed E-state index contributed by atoms with van der Waals surface area (Å²) in [5.74, 6) is 0.622. The normalized spacial score (nSPS) is 11.5. The first-order chi connectivity index (χ1) is 17.3. The smallest absolute Gasteiger partial charge is 0.251 e. The summed E-state index contributed by atoms with van der Waals surface area (Å²) in [6, 6.07) is 21.6. The molecule has 0 unspecified atom stereocenters. The summed E-state index contributed by atoms with van der Waals surface area (Å²) >= 11 is 0. The largest absolute Gasteiger partial charge is 0.383 e. The summed E-state index contributed by atoms with van der Waals surface area (Å²) in [6.07, 6.45) is 4.03. The second-order valence-corrected chi connectivity index (χ2v) is 10.2. The van der Waals surface area contributed by atoms with Crippen LogP contribution in [0, 0.1) is 0 Å². The number of hydrogen-bond acceptors (Lipinski definition) is 7. The van der Waals surface area contributed by atoms with E-state index in [-0.39, 0.29) is 16.6 Å². The van der Waals surface area contributed by atoms with Crippen LogP contribution < -0.4 is 11.1 Å². The third-order valence-electron chi connectivity index (χ3n) is 5.66. The molecule has 0 bridgehead atoms. The van der Waals surface area contributed by atoms with Crippen LogP contribution in [-0.4, -0.2) is 40.1 Å². The van der Waals surface area contributed by atoms with Crippen LogP contribution in [-0.2, 0) is 16.4 Å². The third kappa shape index (κ3) is 4.53. The zero-order chi connectivity index (χ0) is 25.3. The summed E-state index contributed by atoms with van der Waals surface area (Å²) in [4.78, 5) is 25.7. The number of pyridine rings is 2. The molecule has 0 saturated carbocycles. The number of sulfone groups is 1. The maximum atomic E-state index is 12.4. The van der Waals surface area contributed by atoms with Gasteiger partial charge >= 0.3 is 0 Å². The first kappa shape index (κ1) is 23.2. The number of amides is 1. The minimum Gasteiger partial charge on any atom is -0.383 e. The fraction of sp³-hybridized carbons (Fsp3) is 0.0769. The summed E-state index contributed by atoms with van der Waals surface area (Å²) in [5.41, 5.74) is 9.87. The van der Waals surface area contributed by atoms with Gasteiger partial charge < -0.3 is 11.1 Å². The topological polar surface area (TPSA) is 133 Å². The highest BCUT2D eigenvalue weighted by molar-refractivity contribution is 7.90. The van der Waals surface area contributed by atoms with E-state index in [0.717, 1.165) is 17.5 Å². The van der Waals surface area contributed by atoms with E-state index in [2.05, 4.69) is 20.3 Å². The molecule has 0 radical (unpaired) electrons. The summed E-state index contributed by atoms with van der Waals surface area (Å²) in [7, 11) is -3.46. The molecule has 0 spiro atoms. The van der Waals surface area contributed by atoms with Crippen LogP contribution in [0.5, 0.6) is 0 Å². The molecule has 1 amide bonds. The lowest BCUT2D eigenvalue weighted by atomic mass is 10.1. The van der Waals surface area contributed by atoms with Gasteiger partial charge in [-0.15, -0.1) is 0 Å². The van der Waals surface area contributed by atoms with Crippen molar-refractivity contribution in [3.8, 4) is 17.1 Å². The van der Waals surface area contributed by atoms with Gasteiger partial charge in [-0.05, 0) is 48.0 Å². The van der Waals surface area contributed by atoms with E-state index in [1.54, 1.807) is 35.0 Å². The maximum Gasteiger partial charge on any atom is 0.251 e. The fourth-order valence-corrected chi connectivity index (χ4v) is 4.39. The number of aromatic nitrogens is 4. The van der Waals surface area contributed by atoms with Gasteiger partial charge in [0.15, 0.2) is 21.3 Å². The Hall–Kier alpha value is -4.57. The van der Waals surface area contributed by atoms with Crippen molar-refractivity contribution in [3.05, 3.63) is 96.3 Å². The summed E-state index contributed by atoms with van der Waals surface area (Å²) in [5, 5.41) is 2.91. The lowest BCUT2D eigenvalue weighted by molar-refractivity contribution is 0.0951. The third-order valence-corrected chi connectivity index (χ3v) is 6.74. The van der Waals surface area contributed by atoms with E-state index in [0.29, 0.717) is 34.7 Å². The number of nitrogen functional groups attached to an aromatic ring is 1. The molecule has 5 rings (SSSR count). The van der Waals surface area contributed by atoms with Gasteiger partial charge in [-0.25, -0.2) is 23.4 Å². The van der Waals surface area contributed by atoms with E-state index < -0.39 is 9.84 Å². The molecule has 3 heterocycles. The minimum absolute atomic E-state index is 0.0786. The average Bonchev–Trinajstić information content (AvgIpc) is 3.26. The van der Waals surface area contributed by atoms with Gasteiger partial charge in [0.1, 0.15) is 11.3 Å². The number of rotatable bonds is 6. The second-order valence-electron chi connectivity index (χ2n) is 8.21. The molecule has 0 aliphatic carbocycles. The minimum atomic E-state index is -3.46. The van der Waals surface area contributed by atoms with E-state index in [1.807, 2.05) is 42.5 Å². The molecule has 0 fully saturated rings. The molecule has 0 saturated heterocycles. The van der Waals surface area contributed by atoms with Crippen LogP contribution in [0.2, 0.25) is 0 Å². The second kappa shape index (κ2) is 9.23. The van der Waals surface area contributed by atoms with Crippen LogP contribution in [0.1, 0.15) is 15.9 Å². The Morgan fingerprint density at radius 2 is 1.75 bits per heavy atom. The Bertz CT molecular complexity index is 1680. The summed E-state index contributed by atoms with van der Waals surface area (Å²) in [6.45, 7) is 0.358. The summed E-state index contributed by atoms with van der Waals surface area (Å²) < 4.78 is 25.9. The molecule has 10 heteroatoms. The number of nitrogens with two attached hydrogens (primary N) is 1. The highest BCUT2D eigenvalue weighted by Gasteiger charge is 2.20. The molecular formula is C26H22N6O3S. The van der Waals surface area contributed by atoms with E-state index in [9.17, 15) is 13.2 Å². The lowest BCUT2D eigenvalue weighted by Gasteiger charge is -2.11. The highest BCUT2D eigenvalue weighted by Crippen LogP contribution is 2.31. The van der Waals surface area contributed by atoms with Gasteiger partial charge in [0.25, 0.3) is 5.91 Å². The Morgan fingerprint density at radius 3 is 2.44 bits per heavy atom. The number of carbonyl (C=O) groups is 1. The van der Waals surface area contributed by atoms with Crippen molar-refractivity contribution >= 4 is 32.7 Å². The van der Waals surface area contributed by atoms with Crippen molar-refractivity contribution in [2.24, 2.45) is 0 Å². The van der Waals surface area contributed by atoms with Gasteiger partial charge in [0.05, 0.1) is 10.5 Å². The molecule has 0 atom stereocenters. The molecule has 0 aliphatic rings. The van der Waals surface area contributed by atoms with E-state index in [4.69, 9.17) is 5.73 Å². The average molecular weight is 499 g/mol. The van der Waals surface area contributed by atoms with E-state index in [1.165, 1.54) is 12.3 Å². The monoisotopic (exact) mass is 498 g/mol. The van der Waals surface area contributed by atoms with Gasteiger partial charge in [-0.2, -0.15) is 0 Å².